The van der Waals surface area contributed by atoms with Crippen molar-refractivity contribution in [3.05, 3.63) is 58.1 Å². The standard InChI is InChI=1S/C20H22N4O4S/c1-14(25)15-3-5-16(6-4-15)22-9-11-23(12-10-22)20(29)21-18-8-7-17(24(26)27)13-19(18)28-2/h3-8,13H,9-12H2,1-2H3,(H,21,29). The maximum atomic E-state index is 11.4. The van der Waals surface area contributed by atoms with Gasteiger partial charge in [-0.15, -0.1) is 0 Å². The Morgan fingerprint density at radius 2 is 1.79 bits per heavy atom. The molecule has 1 N–H and O–H groups in total. The highest BCUT2D eigenvalue weighted by Crippen LogP contribution is 2.29. The number of hydrogen-bond donors (Lipinski definition) is 1. The number of non-ortho nitro benzene ring substituents is 1. The average Bonchev–Trinajstić information content (AvgIpc) is 2.74. The lowest BCUT2D eigenvalue weighted by atomic mass is 10.1. The fraction of sp³-hybridized carbons (Fsp3) is 0.300. The van der Waals surface area contributed by atoms with Crippen LogP contribution in [0.1, 0.15) is 17.3 Å². The molecule has 1 aliphatic heterocycles. The number of nitrogens with one attached hydrogen (secondary N) is 1. The number of carbonyl (C=O) groups is 1. The molecule has 29 heavy (non-hydrogen) atoms. The predicted molar refractivity (Wildman–Crippen MR) is 116 cm³/mol. The number of ketones is 1. The SMILES string of the molecule is COc1cc([N+](=O)[O-])ccc1NC(=S)N1CCN(c2ccc(C(C)=O)cc2)CC1. The van der Waals surface area contributed by atoms with Gasteiger partial charge in [-0.1, -0.05) is 0 Å². The lowest BCUT2D eigenvalue weighted by Gasteiger charge is -2.37. The van der Waals surface area contributed by atoms with Gasteiger partial charge in [-0.25, -0.2) is 0 Å². The Balaban J connectivity index is 1.60. The van der Waals surface area contributed by atoms with Crippen molar-refractivity contribution in [2.75, 3.05) is 43.5 Å². The highest BCUT2D eigenvalue weighted by molar-refractivity contribution is 7.80. The molecule has 0 unspecified atom stereocenters. The molecule has 0 amide bonds. The zero-order valence-electron chi connectivity index (χ0n) is 16.3. The monoisotopic (exact) mass is 414 g/mol. The summed E-state index contributed by atoms with van der Waals surface area (Å²) in [5, 5.41) is 14.6. The van der Waals surface area contributed by atoms with Crippen LogP contribution in [0.5, 0.6) is 5.75 Å². The van der Waals surface area contributed by atoms with Crippen molar-refractivity contribution in [1.29, 1.82) is 0 Å². The molecule has 0 aromatic heterocycles. The van der Waals surface area contributed by atoms with Gasteiger partial charge in [0.1, 0.15) is 5.75 Å². The molecule has 9 heteroatoms. The molecule has 2 aromatic carbocycles. The van der Waals surface area contributed by atoms with Gasteiger partial charge in [-0.2, -0.15) is 0 Å². The van der Waals surface area contributed by atoms with Crippen LogP contribution in [-0.4, -0.2) is 54.0 Å². The second kappa shape index (κ2) is 8.87. The number of nitro groups is 1. The van der Waals surface area contributed by atoms with Gasteiger partial charge in [0, 0.05) is 43.5 Å². The van der Waals surface area contributed by atoms with Crippen molar-refractivity contribution in [2.24, 2.45) is 0 Å². The Kier molecular flexibility index (Phi) is 6.28. The normalized spacial score (nSPS) is 13.7. The third-order valence-electron chi connectivity index (χ3n) is 4.84. The van der Waals surface area contributed by atoms with Crippen molar-refractivity contribution in [3.8, 4) is 5.75 Å². The average molecular weight is 414 g/mol. The molecule has 0 radical (unpaired) electrons. The molecule has 1 fully saturated rings. The largest absolute Gasteiger partial charge is 0.494 e. The third-order valence-corrected chi connectivity index (χ3v) is 5.20. The van der Waals surface area contributed by atoms with Crippen LogP contribution >= 0.6 is 12.2 Å². The van der Waals surface area contributed by atoms with E-state index in [1.54, 1.807) is 13.0 Å². The van der Waals surface area contributed by atoms with Crippen LogP contribution in [0.3, 0.4) is 0 Å². The Bertz CT molecular complexity index is 925. The Morgan fingerprint density at radius 1 is 1.14 bits per heavy atom. The minimum absolute atomic E-state index is 0.0391. The van der Waals surface area contributed by atoms with Crippen LogP contribution in [0.15, 0.2) is 42.5 Å². The molecule has 1 saturated heterocycles. The number of hydrogen-bond acceptors (Lipinski definition) is 6. The first-order chi connectivity index (χ1) is 13.9. The quantitative estimate of drug-likeness (QED) is 0.345. The number of piperazine rings is 1. The molecule has 0 atom stereocenters. The second-order valence-electron chi connectivity index (χ2n) is 6.65. The van der Waals surface area contributed by atoms with Crippen LogP contribution < -0.4 is 15.0 Å². The zero-order chi connectivity index (χ0) is 21.0. The van der Waals surface area contributed by atoms with E-state index in [2.05, 4.69) is 15.1 Å². The van der Waals surface area contributed by atoms with E-state index in [-0.39, 0.29) is 11.5 Å². The molecule has 1 aliphatic rings. The van der Waals surface area contributed by atoms with Gasteiger partial charge in [0.2, 0.25) is 0 Å². The van der Waals surface area contributed by atoms with Gasteiger partial charge in [-0.05, 0) is 49.5 Å². The number of ether oxygens (including phenoxy) is 1. The van der Waals surface area contributed by atoms with Gasteiger partial charge in [0.15, 0.2) is 10.9 Å². The Hall–Kier alpha value is -3.20. The molecular formula is C20H22N4O4S. The van der Waals surface area contributed by atoms with Crippen LogP contribution in [0.2, 0.25) is 0 Å². The second-order valence-corrected chi connectivity index (χ2v) is 7.04. The smallest absolute Gasteiger partial charge is 0.273 e. The van der Waals surface area contributed by atoms with Gasteiger partial charge < -0.3 is 19.9 Å². The number of nitro benzene ring substituents is 1. The number of anilines is 2. The lowest BCUT2D eigenvalue weighted by Crippen LogP contribution is -2.50. The molecule has 0 spiro atoms. The Labute approximate surface area is 174 Å². The maximum absolute atomic E-state index is 11.4. The Morgan fingerprint density at radius 3 is 2.34 bits per heavy atom. The number of benzene rings is 2. The van der Waals surface area contributed by atoms with Crippen molar-refractivity contribution >= 4 is 40.2 Å². The first kappa shape index (κ1) is 20.5. The summed E-state index contributed by atoms with van der Waals surface area (Å²) in [6, 6.07) is 12.0. The summed E-state index contributed by atoms with van der Waals surface area (Å²) in [4.78, 5) is 26.2. The molecule has 3 rings (SSSR count). The van der Waals surface area contributed by atoms with E-state index < -0.39 is 4.92 Å². The van der Waals surface area contributed by atoms with Crippen LogP contribution in [0, 0.1) is 10.1 Å². The fourth-order valence-corrected chi connectivity index (χ4v) is 3.46. The molecule has 0 saturated carbocycles. The minimum atomic E-state index is -0.465. The number of nitrogens with zero attached hydrogens (tertiary/aromatic N) is 3. The zero-order valence-corrected chi connectivity index (χ0v) is 17.1. The summed E-state index contributed by atoms with van der Waals surface area (Å²) in [6.07, 6.45) is 0. The molecule has 1 heterocycles. The maximum Gasteiger partial charge on any atom is 0.273 e. The summed E-state index contributed by atoms with van der Waals surface area (Å²) in [5.74, 6) is 0.421. The highest BCUT2D eigenvalue weighted by atomic mass is 32.1. The molecule has 8 nitrogen and oxygen atoms in total. The van der Waals surface area contributed by atoms with E-state index in [1.165, 1.54) is 19.2 Å². The van der Waals surface area contributed by atoms with Gasteiger partial charge in [-0.3, -0.25) is 14.9 Å². The van der Waals surface area contributed by atoms with Crippen molar-refractivity contribution in [3.63, 3.8) is 0 Å². The first-order valence-corrected chi connectivity index (χ1v) is 9.54. The summed E-state index contributed by atoms with van der Waals surface area (Å²) < 4.78 is 5.25. The van der Waals surface area contributed by atoms with Crippen LogP contribution in [0.4, 0.5) is 17.1 Å². The summed E-state index contributed by atoms with van der Waals surface area (Å²) in [6.45, 7) is 4.60. The minimum Gasteiger partial charge on any atom is -0.494 e. The van der Waals surface area contributed by atoms with Crippen LogP contribution in [-0.2, 0) is 0 Å². The number of thiocarbonyl (C=S) groups is 1. The number of Topliss-reactive ketones (excluding diaryl/α,β-unsaturated/α-hetero) is 1. The molecule has 2 aromatic rings. The summed E-state index contributed by atoms with van der Waals surface area (Å²) in [5.41, 5.74) is 2.33. The van der Waals surface area contributed by atoms with Gasteiger partial charge >= 0.3 is 0 Å². The van der Waals surface area contributed by atoms with Crippen molar-refractivity contribution < 1.29 is 14.5 Å². The fourth-order valence-electron chi connectivity index (χ4n) is 3.17. The van der Waals surface area contributed by atoms with Crippen molar-refractivity contribution in [1.82, 2.24) is 4.90 Å². The van der Waals surface area contributed by atoms with E-state index in [0.29, 0.717) is 22.1 Å². The summed E-state index contributed by atoms with van der Waals surface area (Å²) >= 11 is 5.52. The molecule has 152 valence electrons. The molecule has 0 bridgehead atoms. The van der Waals surface area contributed by atoms with E-state index in [4.69, 9.17) is 17.0 Å². The highest BCUT2D eigenvalue weighted by Gasteiger charge is 2.21. The van der Waals surface area contributed by atoms with Gasteiger partial charge in [0.05, 0.1) is 23.8 Å². The van der Waals surface area contributed by atoms with E-state index >= 15 is 0 Å². The summed E-state index contributed by atoms with van der Waals surface area (Å²) in [7, 11) is 1.46. The molecule has 0 aliphatic carbocycles. The van der Waals surface area contributed by atoms with E-state index in [1.807, 2.05) is 24.3 Å². The first-order valence-electron chi connectivity index (χ1n) is 9.13. The molecular weight excluding hydrogens is 392 g/mol. The predicted octanol–water partition coefficient (Wildman–Crippen LogP) is 3.33. The van der Waals surface area contributed by atoms with E-state index in [0.717, 1.165) is 31.9 Å². The third kappa shape index (κ3) is 4.80. The van der Waals surface area contributed by atoms with Crippen LogP contribution in [0.25, 0.3) is 0 Å². The number of carbonyl (C=O) groups excluding carboxylic acids is 1. The lowest BCUT2D eigenvalue weighted by molar-refractivity contribution is -0.384. The topological polar surface area (TPSA) is 87.9 Å². The number of rotatable bonds is 5. The van der Waals surface area contributed by atoms with E-state index in [9.17, 15) is 14.9 Å². The van der Waals surface area contributed by atoms with Crippen molar-refractivity contribution in [2.45, 2.75) is 6.92 Å². The number of methoxy groups -OCH3 is 1. The van der Waals surface area contributed by atoms with Gasteiger partial charge in [0.25, 0.3) is 5.69 Å².